The molecule has 0 atom stereocenters. The lowest BCUT2D eigenvalue weighted by Gasteiger charge is -2.18. The molecule has 0 radical (unpaired) electrons. The van der Waals surface area contributed by atoms with Crippen molar-refractivity contribution in [1.82, 2.24) is 14.5 Å². The summed E-state index contributed by atoms with van der Waals surface area (Å²) in [5, 5.41) is 5.25. The molecule has 0 aliphatic heterocycles. The highest BCUT2D eigenvalue weighted by Gasteiger charge is 2.17. The van der Waals surface area contributed by atoms with Gasteiger partial charge in [-0.05, 0) is 42.3 Å². The van der Waals surface area contributed by atoms with E-state index in [9.17, 15) is 13.2 Å². The molecule has 32 heavy (non-hydrogen) atoms. The normalized spacial score (nSPS) is 11.7. The van der Waals surface area contributed by atoms with Crippen LogP contribution in [0.2, 0.25) is 0 Å². The molecule has 0 unspecified atom stereocenters. The van der Waals surface area contributed by atoms with Crippen LogP contribution in [0.1, 0.15) is 31.2 Å². The van der Waals surface area contributed by atoms with Gasteiger partial charge in [0, 0.05) is 52.8 Å². The number of rotatable bonds is 9. The van der Waals surface area contributed by atoms with E-state index in [2.05, 4.69) is 16.5 Å². The number of fused-ring (bicyclic) bond motifs is 1. The Kier molecular flexibility index (Phi) is 7.20. The fourth-order valence-electron chi connectivity index (χ4n) is 3.67. The Morgan fingerprint density at radius 2 is 1.78 bits per heavy atom. The van der Waals surface area contributed by atoms with Crippen molar-refractivity contribution in [1.29, 1.82) is 0 Å². The molecule has 0 saturated heterocycles. The number of benzene rings is 2. The first-order valence-corrected chi connectivity index (χ1v) is 12.2. The molecule has 0 saturated carbocycles. The zero-order valence-corrected chi connectivity index (χ0v) is 19.9. The summed E-state index contributed by atoms with van der Waals surface area (Å²) in [5.74, 6) is 0.799. The molecular weight excluding hydrogens is 426 g/mol. The number of nitrogens with zero attached hydrogens (tertiary/aromatic N) is 4. The van der Waals surface area contributed by atoms with Crippen LogP contribution in [0, 0.1) is 0 Å². The van der Waals surface area contributed by atoms with Crippen LogP contribution in [0.25, 0.3) is 11.0 Å². The third-order valence-electron chi connectivity index (χ3n) is 5.44. The highest BCUT2D eigenvalue weighted by atomic mass is 32.2. The molecule has 1 amide bonds. The fraction of sp³-hybridized carbons (Fsp3) is 0.391. The zero-order valence-electron chi connectivity index (χ0n) is 19.1. The van der Waals surface area contributed by atoms with Gasteiger partial charge in [-0.2, -0.15) is 0 Å². The molecule has 0 spiro atoms. The average Bonchev–Trinajstić information content (AvgIpc) is 3.08. The second kappa shape index (κ2) is 9.70. The maximum atomic E-state index is 12.8. The smallest absolute Gasteiger partial charge is 0.238 e. The summed E-state index contributed by atoms with van der Waals surface area (Å²) in [4.78, 5) is 21.2. The van der Waals surface area contributed by atoms with Crippen LogP contribution in [-0.4, -0.2) is 49.9 Å². The van der Waals surface area contributed by atoms with Crippen molar-refractivity contribution in [2.45, 2.75) is 44.2 Å². The van der Waals surface area contributed by atoms with E-state index in [1.165, 1.54) is 12.1 Å². The van der Waals surface area contributed by atoms with E-state index in [4.69, 9.17) is 5.14 Å². The highest BCUT2D eigenvalue weighted by molar-refractivity contribution is 7.89. The van der Waals surface area contributed by atoms with Gasteiger partial charge < -0.3 is 14.4 Å². The number of imidazole rings is 1. The van der Waals surface area contributed by atoms with Crippen LogP contribution in [0.4, 0.5) is 5.69 Å². The standard InChI is InChI=1S/C23H31N5O3S/c1-5-14-28-21-11-10-19(32(24,30)31)15-20(21)25-22(28)12-13-23(29)27(4)16-17-6-8-18(9-7-17)26(2)3/h6-11,15H,5,12-14,16H2,1-4H3,(H2,24,30,31). The van der Waals surface area contributed by atoms with Crippen molar-refractivity contribution in [2.75, 3.05) is 26.0 Å². The predicted octanol–water partition coefficient (Wildman–Crippen LogP) is 2.75. The number of nitrogens with two attached hydrogens (primary N) is 1. The van der Waals surface area contributed by atoms with E-state index in [-0.39, 0.29) is 10.8 Å². The van der Waals surface area contributed by atoms with Crippen LogP contribution in [0.15, 0.2) is 47.4 Å². The minimum absolute atomic E-state index is 0.0296. The van der Waals surface area contributed by atoms with E-state index in [1.54, 1.807) is 18.0 Å². The Labute approximate surface area is 189 Å². The summed E-state index contributed by atoms with van der Waals surface area (Å²) >= 11 is 0. The van der Waals surface area contributed by atoms with Gasteiger partial charge in [0.15, 0.2) is 0 Å². The highest BCUT2D eigenvalue weighted by Crippen LogP contribution is 2.22. The molecule has 9 heteroatoms. The summed E-state index contributed by atoms with van der Waals surface area (Å²) in [6.45, 7) is 3.34. The van der Waals surface area contributed by atoms with Crippen LogP contribution in [0.3, 0.4) is 0 Å². The molecule has 3 rings (SSSR count). The molecule has 1 aromatic heterocycles. The van der Waals surface area contributed by atoms with Crippen molar-refractivity contribution in [3.63, 3.8) is 0 Å². The fourth-order valence-corrected chi connectivity index (χ4v) is 4.21. The summed E-state index contributed by atoms with van der Waals surface area (Å²) < 4.78 is 25.4. The lowest BCUT2D eigenvalue weighted by atomic mass is 10.2. The summed E-state index contributed by atoms with van der Waals surface area (Å²) in [5.41, 5.74) is 3.60. The van der Waals surface area contributed by atoms with Crippen molar-refractivity contribution in [3.8, 4) is 0 Å². The number of aryl methyl sites for hydroxylation is 2. The molecule has 8 nitrogen and oxygen atoms in total. The van der Waals surface area contributed by atoms with Gasteiger partial charge in [0.05, 0.1) is 15.9 Å². The third kappa shape index (κ3) is 5.46. The average molecular weight is 458 g/mol. The monoisotopic (exact) mass is 457 g/mol. The van der Waals surface area contributed by atoms with Gasteiger partial charge in [-0.15, -0.1) is 0 Å². The van der Waals surface area contributed by atoms with Crippen LogP contribution in [0.5, 0.6) is 0 Å². The maximum Gasteiger partial charge on any atom is 0.238 e. The Hall–Kier alpha value is -2.91. The van der Waals surface area contributed by atoms with Gasteiger partial charge in [0.2, 0.25) is 15.9 Å². The van der Waals surface area contributed by atoms with E-state index < -0.39 is 10.0 Å². The van der Waals surface area contributed by atoms with Crippen molar-refractivity contribution >= 4 is 32.7 Å². The molecule has 0 aliphatic rings. The Balaban J connectivity index is 1.72. The Morgan fingerprint density at radius 1 is 1.09 bits per heavy atom. The lowest BCUT2D eigenvalue weighted by Crippen LogP contribution is -2.26. The maximum absolute atomic E-state index is 12.8. The van der Waals surface area contributed by atoms with Gasteiger partial charge >= 0.3 is 0 Å². The number of anilines is 1. The Morgan fingerprint density at radius 3 is 2.38 bits per heavy atom. The second-order valence-electron chi connectivity index (χ2n) is 8.19. The number of aromatic nitrogens is 2. The van der Waals surface area contributed by atoms with E-state index in [0.29, 0.717) is 24.9 Å². The lowest BCUT2D eigenvalue weighted by molar-refractivity contribution is -0.130. The topological polar surface area (TPSA) is 102 Å². The molecule has 0 aliphatic carbocycles. The summed E-state index contributed by atoms with van der Waals surface area (Å²) in [7, 11) is 1.99. The van der Waals surface area contributed by atoms with Gasteiger partial charge in [0.25, 0.3) is 0 Å². The van der Waals surface area contributed by atoms with Crippen molar-refractivity contribution in [2.24, 2.45) is 5.14 Å². The minimum atomic E-state index is -3.80. The molecule has 0 bridgehead atoms. The third-order valence-corrected chi connectivity index (χ3v) is 6.35. The number of hydrogen-bond acceptors (Lipinski definition) is 5. The molecule has 2 aromatic carbocycles. The molecule has 3 aromatic rings. The molecule has 1 heterocycles. The van der Waals surface area contributed by atoms with E-state index >= 15 is 0 Å². The Bertz CT molecular complexity index is 1200. The summed E-state index contributed by atoms with van der Waals surface area (Å²) in [6, 6.07) is 12.9. The first-order chi connectivity index (χ1) is 15.1. The van der Waals surface area contributed by atoms with Gasteiger partial charge in [-0.1, -0.05) is 19.1 Å². The van der Waals surface area contributed by atoms with Gasteiger partial charge in [-0.25, -0.2) is 18.5 Å². The number of amides is 1. The first-order valence-electron chi connectivity index (χ1n) is 10.6. The molecule has 172 valence electrons. The quantitative estimate of drug-likeness (QED) is 0.532. The number of primary sulfonamides is 1. The van der Waals surface area contributed by atoms with Gasteiger partial charge in [-0.3, -0.25) is 4.79 Å². The largest absolute Gasteiger partial charge is 0.378 e. The summed E-state index contributed by atoms with van der Waals surface area (Å²) in [6.07, 6.45) is 1.69. The van der Waals surface area contributed by atoms with Crippen molar-refractivity contribution < 1.29 is 13.2 Å². The van der Waals surface area contributed by atoms with E-state index in [1.807, 2.05) is 43.3 Å². The zero-order chi connectivity index (χ0) is 23.5. The number of sulfonamides is 1. The van der Waals surface area contributed by atoms with Crippen LogP contribution < -0.4 is 10.0 Å². The minimum Gasteiger partial charge on any atom is -0.378 e. The second-order valence-corrected chi connectivity index (χ2v) is 9.75. The molecular formula is C23H31N5O3S. The van der Waals surface area contributed by atoms with Crippen molar-refractivity contribution in [3.05, 3.63) is 53.9 Å². The SMILES string of the molecule is CCCn1c(CCC(=O)N(C)Cc2ccc(N(C)C)cc2)nc2cc(S(N)(=O)=O)ccc21. The van der Waals surface area contributed by atoms with E-state index in [0.717, 1.165) is 35.6 Å². The number of hydrogen-bond donors (Lipinski definition) is 1. The van der Waals surface area contributed by atoms with Gasteiger partial charge in [0.1, 0.15) is 5.82 Å². The predicted molar refractivity (Wildman–Crippen MR) is 127 cm³/mol. The van der Waals surface area contributed by atoms with Crippen LogP contribution >= 0.6 is 0 Å². The molecule has 0 fully saturated rings. The number of carbonyl (C=O) groups is 1. The first kappa shape index (κ1) is 23.7. The van der Waals surface area contributed by atoms with Crippen LogP contribution in [-0.2, 0) is 34.3 Å². The molecule has 2 N–H and O–H groups in total. The number of carbonyl (C=O) groups excluding carboxylic acids is 1.